The molecule has 0 saturated heterocycles. The minimum atomic E-state index is -0.941. The van der Waals surface area contributed by atoms with Crippen molar-refractivity contribution in [3.8, 4) is 11.5 Å². The van der Waals surface area contributed by atoms with E-state index in [4.69, 9.17) is 9.47 Å². The summed E-state index contributed by atoms with van der Waals surface area (Å²) in [5.41, 5.74) is 0.607. The highest BCUT2D eigenvalue weighted by molar-refractivity contribution is 5.29. The topological polar surface area (TPSA) is 38.7 Å². The van der Waals surface area contributed by atoms with Gasteiger partial charge in [0.25, 0.3) is 0 Å². The molecular formula is C16H16F2O3. The maximum absolute atomic E-state index is 13.4. The predicted molar refractivity (Wildman–Crippen MR) is 74.4 cm³/mol. The van der Waals surface area contributed by atoms with Crippen molar-refractivity contribution in [2.75, 3.05) is 13.2 Å². The van der Waals surface area contributed by atoms with E-state index in [-0.39, 0.29) is 12.4 Å². The summed E-state index contributed by atoms with van der Waals surface area (Å²) in [6.45, 7) is 2.27. The Labute approximate surface area is 121 Å². The van der Waals surface area contributed by atoms with E-state index in [1.807, 2.05) is 6.92 Å². The molecule has 112 valence electrons. The van der Waals surface area contributed by atoms with E-state index in [2.05, 4.69) is 0 Å². The minimum Gasteiger partial charge on any atom is -0.494 e. The zero-order valence-corrected chi connectivity index (χ0v) is 11.6. The van der Waals surface area contributed by atoms with Crippen LogP contribution in [0.25, 0.3) is 0 Å². The molecular weight excluding hydrogens is 278 g/mol. The molecule has 2 rings (SSSR count). The molecule has 0 amide bonds. The molecule has 0 bridgehead atoms. The zero-order chi connectivity index (χ0) is 15.2. The van der Waals surface area contributed by atoms with Gasteiger partial charge < -0.3 is 14.6 Å². The Morgan fingerprint density at radius 3 is 2.43 bits per heavy atom. The molecule has 5 heteroatoms. The largest absolute Gasteiger partial charge is 0.494 e. The van der Waals surface area contributed by atoms with Crippen molar-refractivity contribution in [2.24, 2.45) is 0 Å². The van der Waals surface area contributed by atoms with Crippen LogP contribution in [0.1, 0.15) is 18.6 Å². The lowest BCUT2D eigenvalue weighted by Gasteiger charge is -2.14. The molecule has 21 heavy (non-hydrogen) atoms. The lowest BCUT2D eigenvalue weighted by Crippen LogP contribution is -2.10. The molecule has 0 radical (unpaired) electrons. The first-order valence-corrected chi connectivity index (χ1v) is 6.59. The van der Waals surface area contributed by atoms with Gasteiger partial charge in [-0.05, 0) is 36.8 Å². The van der Waals surface area contributed by atoms with E-state index in [1.165, 1.54) is 0 Å². The number of ether oxygens (including phenoxy) is 2. The summed E-state index contributed by atoms with van der Waals surface area (Å²) in [4.78, 5) is 0. The summed E-state index contributed by atoms with van der Waals surface area (Å²) in [6.07, 6.45) is -0.941. The van der Waals surface area contributed by atoms with Gasteiger partial charge in [0.15, 0.2) is 11.6 Å². The van der Waals surface area contributed by atoms with E-state index in [0.29, 0.717) is 17.9 Å². The van der Waals surface area contributed by atoms with Crippen LogP contribution in [-0.4, -0.2) is 18.3 Å². The molecule has 0 aliphatic heterocycles. The average molecular weight is 294 g/mol. The molecule has 0 aromatic heterocycles. The van der Waals surface area contributed by atoms with Crippen LogP contribution in [0, 0.1) is 11.6 Å². The first-order valence-electron chi connectivity index (χ1n) is 6.59. The van der Waals surface area contributed by atoms with E-state index >= 15 is 0 Å². The van der Waals surface area contributed by atoms with Crippen molar-refractivity contribution >= 4 is 0 Å². The summed E-state index contributed by atoms with van der Waals surface area (Å²) in [6, 6.07) is 9.77. The number of halogens is 2. The second kappa shape index (κ2) is 7.04. The first-order chi connectivity index (χ1) is 10.1. The summed E-state index contributed by atoms with van der Waals surface area (Å²) in [7, 11) is 0. The summed E-state index contributed by atoms with van der Waals surface area (Å²) in [5, 5.41) is 9.98. The summed E-state index contributed by atoms with van der Waals surface area (Å²) >= 11 is 0. The standard InChI is InChI=1S/C16H16F2O3/c1-2-20-13-6-3-11(4-7-13)15(19)10-21-16-9-12(17)5-8-14(16)18/h3-9,15,19H,2,10H2,1H3. The van der Waals surface area contributed by atoms with Crippen molar-refractivity contribution in [1.82, 2.24) is 0 Å². The molecule has 0 aliphatic carbocycles. The molecule has 0 saturated carbocycles. The Balaban J connectivity index is 1.97. The number of aliphatic hydroxyl groups is 1. The van der Waals surface area contributed by atoms with Crippen LogP contribution in [0.3, 0.4) is 0 Å². The number of hydrogen-bond donors (Lipinski definition) is 1. The van der Waals surface area contributed by atoms with E-state index in [9.17, 15) is 13.9 Å². The van der Waals surface area contributed by atoms with Crippen LogP contribution in [0.5, 0.6) is 11.5 Å². The van der Waals surface area contributed by atoms with Gasteiger partial charge in [-0.3, -0.25) is 0 Å². The number of rotatable bonds is 6. The fourth-order valence-electron chi connectivity index (χ4n) is 1.81. The monoisotopic (exact) mass is 294 g/mol. The number of benzene rings is 2. The van der Waals surface area contributed by atoms with Crippen molar-refractivity contribution in [3.63, 3.8) is 0 Å². The highest BCUT2D eigenvalue weighted by atomic mass is 19.1. The van der Waals surface area contributed by atoms with Crippen molar-refractivity contribution in [2.45, 2.75) is 13.0 Å². The molecule has 0 fully saturated rings. The number of hydrogen-bond acceptors (Lipinski definition) is 3. The molecule has 2 aromatic carbocycles. The molecule has 0 aliphatic rings. The highest BCUT2D eigenvalue weighted by Gasteiger charge is 2.11. The number of aliphatic hydroxyl groups excluding tert-OH is 1. The fourth-order valence-corrected chi connectivity index (χ4v) is 1.81. The predicted octanol–water partition coefficient (Wildman–Crippen LogP) is 3.48. The van der Waals surface area contributed by atoms with Crippen LogP contribution in [0.4, 0.5) is 8.78 Å². The lowest BCUT2D eigenvalue weighted by molar-refractivity contribution is 0.105. The van der Waals surface area contributed by atoms with E-state index < -0.39 is 17.7 Å². The van der Waals surface area contributed by atoms with E-state index in [0.717, 1.165) is 18.2 Å². The smallest absolute Gasteiger partial charge is 0.165 e. The van der Waals surface area contributed by atoms with Gasteiger partial charge in [0.1, 0.15) is 24.3 Å². The van der Waals surface area contributed by atoms with Crippen molar-refractivity contribution in [3.05, 3.63) is 59.7 Å². The van der Waals surface area contributed by atoms with Gasteiger partial charge in [-0.2, -0.15) is 0 Å². The lowest BCUT2D eigenvalue weighted by atomic mass is 10.1. The van der Waals surface area contributed by atoms with Gasteiger partial charge in [0, 0.05) is 6.07 Å². The fraction of sp³-hybridized carbons (Fsp3) is 0.250. The molecule has 2 aromatic rings. The summed E-state index contributed by atoms with van der Waals surface area (Å²) in [5.74, 6) is -0.789. The molecule has 1 N–H and O–H groups in total. The molecule has 0 spiro atoms. The van der Waals surface area contributed by atoms with Gasteiger partial charge in [-0.25, -0.2) is 8.78 Å². The third-order valence-corrected chi connectivity index (χ3v) is 2.87. The zero-order valence-electron chi connectivity index (χ0n) is 11.6. The van der Waals surface area contributed by atoms with Gasteiger partial charge in [-0.15, -0.1) is 0 Å². The van der Waals surface area contributed by atoms with Crippen molar-refractivity contribution in [1.29, 1.82) is 0 Å². The third kappa shape index (κ3) is 4.16. The Bertz CT molecular complexity index is 585. The highest BCUT2D eigenvalue weighted by Crippen LogP contribution is 2.22. The SMILES string of the molecule is CCOc1ccc(C(O)COc2cc(F)ccc2F)cc1. The normalized spacial score (nSPS) is 12.0. The Morgan fingerprint density at radius 2 is 1.76 bits per heavy atom. The van der Waals surface area contributed by atoms with Crippen LogP contribution >= 0.6 is 0 Å². The summed E-state index contributed by atoms with van der Waals surface area (Å²) < 4.78 is 36.8. The maximum Gasteiger partial charge on any atom is 0.165 e. The average Bonchev–Trinajstić information content (AvgIpc) is 2.49. The maximum atomic E-state index is 13.4. The third-order valence-electron chi connectivity index (χ3n) is 2.87. The molecule has 1 unspecified atom stereocenters. The van der Waals surface area contributed by atoms with Gasteiger partial charge >= 0.3 is 0 Å². The molecule has 3 nitrogen and oxygen atoms in total. The first kappa shape index (κ1) is 15.3. The quantitative estimate of drug-likeness (QED) is 0.886. The van der Waals surface area contributed by atoms with Gasteiger partial charge in [-0.1, -0.05) is 12.1 Å². The van der Waals surface area contributed by atoms with E-state index in [1.54, 1.807) is 24.3 Å². The van der Waals surface area contributed by atoms with Crippen LogP contribution < -0.4 is 9.47 Å². The Morgan fingerprint density at radius 1 is 1.05 bits per heavy atom. The van der Waals surface area contributed by atoms with Gasteiger partial charge in [0.2, 0.25) is 0 Å². The molecule has 0 heterocycles. The van der Waals surface area contributed by atoms with Crippen LogP contribution in [0.2, 0.25) is 0 Å². The Kier molecular flexibility index (Phi) is 5.11. The molecule has 1 atom stereocenters. The van der Waals surface area contributed by atoms with Crippen LogP contribution in [-0.2, 0) is 0 Å². The van der Waals surface area contributed by atoms with Crippen LogP contribution in [0.15, 0.2) is 42.5 Å². The Hall–Kier alpha value is -2.14. The second-order valence-electron chi connectivity index (χ2n) is 4.40. The second-order valence-corrected chi connectivity index (χ2v) is 4.40. The minimum absolute atomic E-state index is 0.172. The van der Waals surface area contributed by atoms with Crippen molar-refractivity contribution < 1.29 is 23.4 Å². The van der Waals surface area contributed by atoms with Gasteiger partial charge in [0.05, 0.1) is 6.61 Å².